The summed E-state index contributed by atoms with van der Waals surface area (Å²) in [4.78, 5) is 12.5. The lowest BCUT2D eigenvalue weighted by Gasteiger charge is -2.25. The summed E-state index contributed by atoms with van der Waals surface area (Å²) in [6.45, 7) is 4.65. The van der Waals surface area contributed by atoms with Crippen molar-refractivity contribution in [3.63, 3.8) is 0 Å². The third-order valence-electron chi connectivity index (χ3n) is 6.32. The maximum absolute atomic E-state index is 13.5. The van der Waals surface area contributed by atoms with Crippen LogP contribution in [-0.2, 0) is 30.1 Å². The molecule has 0 spiro atoms. The van der Waals surface area contributed by atoms with Crippen molar-refractivity contribution in [1.29, 1.82) is 0 Å². The van der Waals surface area contributed by atoms with E-state index in [1.54, 1.807) is 29.2 Å². The summed E-state index contributed by atoms with van der Waals surface area (Å²) in [5, 5.41) is 8.84. The van der Waals surface area contributed by atoms with Crippen LogP contribution < -0.4 is 4.74 Å². The van der Waals surface area contributed by atoms with Crippen LogP contribution in [0.1, 0.15) is 42.5 Å². The highest BCUT2D eigenvalue weighted by Gasteiger charge is 2.42. The van der Waals surface area contributed by atoms with Gasteiger partial charge in [0.25, 0.3) is 0 Å². The van der Waals surface area contributed by atoms with Gasteiger partial charge in [0.15, 0.2) is 0 Å². The second kappa shape index (κ2) is 10.1. The van der Waals surface area contributed by atoms with E-state index in [0.29, 0.717) is 43.5 Å². The predicted octanol–water partition coefficient (Wildman–Crippen LogP) is 6.28. The van der Waals surface area contributed by atoms with Crippen molar-refractivity contribution in [3.8, 4) is 5.75 Å². The van der Waals surface area contributed by atoms with Crippen LogP contribution in [0.4, 0.5) is 26.3 Å². The van der Waals surface area contributed by atoms with Gasteiger partial charge in [0, 0.05) is 32.0 Å². The minimum absolute atomic E-state index is 0.0104. The lowest BCUT2D eigenvalue weighted by Crippen LogP contribution is -2.27. The number of hydrogen-bond acceptors (Lipinski definition) is 3. The van der Waals surface area contributed by atoms with Gasteiger partial charge in [-0.3, -0.25) is 9.69 Å². The molecule has 0 aromatic heterocycles. The van der Waals surface area contributed by atoms with Crippen LogP contribution in [0.2, 0.25) is 0 Å². The third-order valence-corrected chi connectivity index (χ3v) is 6.32. The Hall–Kier alpha value is -2.75. The van der Waals surface area contributed by atoms with E-state index in [2.05, 4.69) is 0 Å². The van der Waals surface area contributed by atoms with E-state index in [0.717, 1.165) is 5.56 Å². The van der Waals surface area contributed by atoms with Gasteiger partial charge in [0.05, 0.1) is 17.7 Å². The van der Waals surface area contributed by atoms with E-state index in [9.17, 15) is 31.1 Å². The second-order valence-corrected chi connectivity index (χ2v) is 9.57. The smallest absolute Gasteiger partial charge is 0.416 e. The van der Waals surface area contributed by atoms with Crippen molar-refractivity contribution in [2.45, 2.75) is 45.6 Å². The predicted molar refractivity (Wildman–Crippen MR) is 117 cm³/mol. The molecule has 3 rings (SSSR count). The summed E-state index contributed by atoms with van der Waals surface area (Å²) >= 11 is 0. The number of likely N-dealkylation sites (tertiary alicyclic amines) is 1. The molecule has 1 atom stereocenters. The topological polar surface area (TPSA) is 49.8 Å². The molecule has 1 aliphatic heterocycles. The van der Waals surface area contributed by atoms with Crippen LogP contribution >= 0.6 is 0 Å². The quantitative estimate of drug-likeness (QED) is 0.431. The number of aliphatic carboxylic acids is 1. The molecule has 2 aromatic carbocycles. The van der Waals surface area contributed by atoms with E-state index < -0.39 is 35.0 Å². The zero-order valence-electron chi connectivity index (χ0n) is 19.3. The SMILES string of the molecule is CC1(C)CN(Cc2cc(C(F)(F)F)ccc2C(F)(F)F)CC1COc1cccc(CCC(=O)O)c1. The molecule has 0 bridgehead atoms. The van der Waals surface area contributed by atoms with Gasteiger partial charge in [-0.15, -0.1) is 0 Å². The first-order chi connectivity index (χ1) is 16.1. The molecular formula is C25H27F6NO3. The molecule has 1 aliphatic rings. The molecule has 0 saturated carbocycles. The van der Waals surface area contributed by atoms with E-state index in [4.69, 9.17) is 9.84 Å². The van der Waals surface area contributed by atoms with Crippen molar-refractivity contribution >= 4 is 5.97 Å². The largest absolute Gasteiger partial charge is 0.493 e. The number of aryl methyl sites for hydroxylation is 1. The molecule has 35 heavy (non-hydrogen) atoms. The van der Waals surface area contributed by atoms with E-state index >= 15 is 0 Å². The van der Waals surface area contributed by atoms with Gasteiger partial charge in [-0.1, -0.05) is 26.0 Å². The van der Waals surface area contributed by atoms with Crippen molar-refractivity contribution < 1.29 is 41.0 Å². The van der Waals surface area contributed by atoms with E-state index in [1.807, 2.05) is 13.8 Å². The van der Waals surface area contributed by atoms with Crippen LogP contribution in [0.15, 0.2) is 42.5 Å². The number of hydrogen-bond donors (Lipinski definition) is 1. The summed E-state index contributed by atoms with van der Waals surface area (Å²) < 4.78 is 85.7. The number of halogens is 6. The van der Waals surface area contributed by atoms with Gasteiger partial charge in [0.1, 0.15) is 5.75 Å². The summed E-state index contributed by atoms with van der Waals surface area (Å²) in [6, 6.07) is 8.58. The third kappa shape index (κ3) is 7.13. The number of carboxylic acids is 1. The Balaban J connectivity index is 1.71. The van der Waals surface area contributed by atoms with Gasteiger partial charge < -0.3 is 9.84 Å². The molecule has 1 heterocycles. The molecule has 0 amide bonds. The number of benzene rings is 2. The monoisotopic (exact) mass is 503 g/mol. The van der Waals surface area contributed by atoms with Gasteiger partial charge >= 0.3 is 18.3 Å². The summed E-state index contributed by atoms with van der Waals surface area (Å²) in [6.07, 6.45) is -9.15. The molecular weight excluding hydrogens is 476 g/mol. The molecule has 2 aromatic rings. The molecule has 1 N–H and O–H groups in total. The number of nitrogens with zero attached hydrogens (tertiary/aromatic N) is 1. The number of carbonyl (C=O) groups is 1. The van der Waals surface area contributed by atoms with Gasteiger partial charge in [-0.05, 0) is 53.3 Å². The Morgan fingerprint density at radius 1 is 1.09 bits per heavy atom. The zero-order chi connectivity index (χ0) is 26.0. The zero-order valence-corrected chi connectivity index (χ0v) is 19.3. The van der Waals surface area contributed by atoms with Gasteiger partial charge in [-0.25, -0.2) is 0 Å². The molecule has 4 nitrogen and oxygen atoms in total. The van der Waals surface area contributed by atoms with Crippen LogP contribution in [0.3, 0.4) is 0 Å². The molecule has 192 valence electrons. The van der Waals surface area contributed by atoms with Gasteiger partial charge in [-0.2, -0.15) is 26.3 Å². The van der Waals surface area contributed by atoms with Crippen molar-refractivity contribution in [2.24, 2.45) is 11.3 Å². The van der Waals surface area contributed by atoms with Crippen LogP contribution in [0.25, 0.3) is 0 Å². The van der Waals surface area contributed by atoms with Crippen LogP contribution in [0, 0.1) is 11.3 Å². The van der Waals surface area contributed by atoms with Gasteiger partial charge in [0.2, 0.25) is 0 Å². The van der Waals surface area contributed by atoms with Crippen LogP contribution in [-0.4, -0.2) is 35.7 Å². The lowest BCUT2D eigenvalue weighted by molar-refractivity contribution is -0.142. The molecule has 1 saturated heterocycles. The Kier molecular flexibility index (Phi) is 7.74. The minimum Gasteiger partial charge on any atom is -0.493 e. The van der Waals surface area contributed by atoms with E-state index in [1.165, 1.54) is 0 Å². The number of alkyl halides is 6. The Morgan fingerprint density at radius 3 is 2.43 bits per heavy atom. The Morgan fingerprint density at radius 2 is 1.80 bits per heavy atom. The maximum atomic E-state index is 13.5. The van der Waals surface area contributed by atoms with Crippen molar-refractivity contribution in [3.05, 3.63) is 64.7 Å². The fraction of sp³-hybridized carbons (Fsp3) is 0.480. The van der Waals surface area contributed by atoms with Crippen LogP contribution in [0.5, 0.6) is 5.75 Å². The standard InChI is InChI=1S/C25H27F6NO3/c1-23(2)15-32(12-17-11-18(24(26,27)28)7-8-21(17)25(29,30)31)13-19(23)14-35-20-5-3-4-16(10-20)6-9-22(33)34/h3-5,7-8,10-11,19H,6,9,12-15H2,1-2H3,(H,33,34). The average Bonchev–Trinajstić information content (AvgIpc) is 3.02. The fourth-order valence-electron chi connectivity index (χ4n) is 4.38. The Bertz CT molecular complexity index is 1050. The summed E-state index contributed by atoms with van der Waals surface area (Å²) in [5.41, 5.74) is -2.12. The molecule has 1 fully saturated rings. The van der Waals surface area contributed by atoms with Crippen molar-refractivity contribution in [1.82, 2.24) is 4.90 Å². The highest BCUT2D eigenvalue weighted by molar-refractivity contribution is 5.67. The summed E-state index contributed by atoms with van der Waals surface area (Å²) in [5.74, 6) is -0.428. The number of ether oxygens (including phenoxy) is 1. The first-order valence-corrected chi connectivity index (χ1v) is 11.1. The average molecular weight is 503 g/mol. The molecule has 10 heteroatoms. The first-order valence-electron chi connectivity index (χ1n) is 11.1. The lowest BCUT2D eigenvalue weighted by atomic mass is 9.83. The first kappa shape index (κ1) is 26.8. The number of carboxylic acid groups (broad SMARTS) is 1. The maximum Gasteiger partial charge on any atom is 0.416 e. The fourth-order valence-corrected chi connectivity index (χ4v) is 4.38. The normalized spacial score (nSPS) is 18.6. The highest BCUT2D eigenvalue weighted by Crippen LogP contribution is 2.40. The second-order valence-electron chi connectivity index (χ2n) is 9.57. The molecule has 1 unspecified atom stereocenters. The minimum atomic E-state index is -4.76. The molecule has 0 aliphatic carbocycles. The summed E-state index contributed by atoms with van der Waals surface area (Å²) in [7, 11) is 0. The molecule has 0 radical (unpaired) electrons. The Labute approximate surface area is 199 Å². The highest BCUT2D eigenvalue weighted by atomic mass is 19.4. The number of rotatable bonds is 8. The van der Waals surface area contributed by atoms with E-state index in [-0.39, 0.29) is 30.9 Å². The van der Waals surface area contributed by atoms with Crippen molar-refractivity contribution in [2.75, 3.05) is 19.7 Å².